The standard InChI is InChI=1S/C30H37N3O8/c1-5-38-14-6-13-32(30(35)31-25-11-10-23(36-3)16-27(25)37-4)19-29(34)33(18-24-9-7-21(2)41-24)17-22-8-12-26-28(15-22)40-20-39-26/h7-12,15-16H,5-6,13-14,17-20H2,1-4H3,(H,31,35). The number of aryl methyl sites for hydroxylation is 1. The lowest BCUT2D eigenvalue weighted by Crippen LogP contribution is -2.44. The van der Waals surface area contributed by atoms with E-state index in [1.807, 2.05) is 44.2 Å². The van der Waals surface area contributed by atoms with E-state index in [9.17, 15) is 9.59 Å². The molecule has 0 bridgehead atoms. The first-order chi connectivity index (χ1) is 19.9. The van der Waals surface area contributed by atoms with Gasteiger partial charge in [0.1, 0.15) is 29.6 Å². The summed E-state index contributed by atoms with van der Waals surface area (Å²) in [5.74, 6) is 3.48. The molecule has 0 fully saturated rings. The van der Waals surface area contributed by atoms with Gasteiger partial charge in [0.05, 0.1) is 26.5 Å². The highest BCUT2D eigenvalue weighted by Gasteiger charge is 2.24. The van der Waals surface area contributed by atoms with Gasteiger partial charge in [0.15, 0.2) is 11.5 Å². The van der Waals surface area contributed by atoms with Crippen molar-refractivity contribution in [2.24, 2.45) is 0 Å². The maximum Gasteiger partial charge on any atom is 0.322 e. The number of nitrogens with zero attached hydrogens (tertiary/aromatic N) is 2. The van der Waals surface area contributed by atoms with Crippen LogP contribution in [0.1, 0.15) is 30.4 Å². The normalized spacial score (nSPS) is 11.7. The fraction of sp³-hybridized carbons (Fsp3) is 0.400. The zero-order valence-electron chi connectivity index (χ0n) is 23.9. The molecule has 11 heteroatoms. The molecule has 2 heterocycles. The van der Waals surface area contributed by atoms with E-state index in [-0.39, 0.29) is 32.3 Å². The second kappa shape index (κ2) is 14.3. The number of furan rings is 1. The minimum atomic E-state index is -0.435. The van der Waals surface area contributed by atoms with Crippen molar-refractivity contribution in [3.8, 4) is 23.0 Å². The second-order valence-electron chi connectivity index (χ2n) is 9.42. The number of hydrogen-bond acceptors (Lipinski definition) is 8. The molecule has 41 heavy (non-hydrogen) atoms. The number of anilines is 1. The number of amides is 3. The lowest BCUT2D eigenvalue weighted by atomic mass is 10.2. The Morgan fingerprint density at radius 2 is 1.78 bits per heavy atom. The molecule has 1 N–H and O–H groups in total. The summed E-state index contributed by atoms with van der Waals surface area (Å²) in [4.78, 5) is 30.4. The minimum absolute atomic E-state index is 0.152. The molecular weight excluding hydrogens is 530 g/mol. The number of carbonyl (C=O) groups is 2. The molecule has 1 aliphatic heterocycles. The van der Waals surface area contributed by atoms with Gasteiger partial charge in [-0.1, -0.05) is 6.07 Å². The Labute approximate surface area is 239 Å². The molecule has 0 saturated carbocycles. The van der Waals surface area contributed by atoms with Crippen molar-refractivity contribution < 1.29 is 37.7 Å². The van der Waals surface area contributed by atoms with Crippen LogP contribution in [0.25, 0.3) is 0 Å². The molecule has 220 valence electrons. The highest BCUT2D eigenvalue weighted by atomic mass is 16.7. The number of rotatable bonds is 14. The Morgan fingerprint density at radius 3 is 2.51 bits per heavy atom. The Hall–Kier alpha value is -4.38. The van der Waals surface area contributed by atoms with Crippen molar-refractivity contribution in [2.45, 2.75) is 33.4 Å². The Bertz CT molecular complexity index is 1320. The van der Waals surface area contributed by atoms with Crippen LogP contribution in [-0.2, 0) is 22.6 Å². The monoisotopic (exact) mass is 567 g/mol. The lowest BCUT2D eigenvalue weighted by molar-refractivity contribution is -0.133. The Balaban J connectivity index is 1.53. The van der Waals surface area contributed by atoms with Gasteiger partial charge in [0, 0.05) is 32.4 Å². The summed E-state index contributed by atoms with van der Waals surface area (Å²) in [6.07, 6.45) is 0.563. The van der Waals surface area contributed by atoms with Crippen LogP contribution in [0.4, 0.5) is 10.5 Å². The predicted octanol–water partition coefficient (Wildman–Crippen LogP) is 4.82. The zero-order valence-corrected chi connectivity index (χ0v) is 23.9. The third kappa shape index (κ3) is 8.07. The second-order valence-corrected chi connectivity index (χ2v) is 9.42. The maximum atomic E-state index is 13.8. The van der Waals surface area contributed by atoms with Gasteiger partial charge in [-0.2, -0.15) is 0 Å². The van der Waals surface area contributed by atoms with Gasteiger partial charge in [-0.3, -0.25) is 4.79 Å². The zero-order chi connectivity index (χ0) is 29.2. The lowest BCUT2D eigenvalue weighted by Gasteiger charge is -2.28. The molecule has 0 atom stereocenters. The molecular formula is C30H37N3O8. The highest BCUT2D eigenvalue weighted by molar-refractivity contribution is 5.93. The molecule has 0 spiro atoms. The summed E-state index contributed by atoms with van der Waals surface area (Å²) in [6, 6.07) is 13.9. The average molecular weight is 568 g/mol. The van der Waals surface area contributed by atoms with Gasteiger partial charge in [-0.15, -0.1) is 0 Å². The van der Waals surface area contributed by atoms with Crippen LogP contribution in [0.2, 0.25) is 0 Å². The molecule has 4 rings (SSSR count). The maximum absolute atomic E-state index is 13.8. The largest absolute Gasteiger partial charge is 0.497 e. The van der Waals surface area contributed by atoms with E-state index in [1.165, 1.54) is 12.0 Å². The summed E-state index contributed by atoms with van der Waals surface area (Å²) >= 11 is 0. The SMILES string of the molecule is CCOCCCN(CC(=O)N(Cc1ccc2c(c1)OCO2)Cc1ccc(C)o1)C(=O)Nc1ccc(OC)cc1OC. The fourth-order valence-electron chi connectivity index (χ4n) is 4.36. The molecule has 0 unspecified atom stereocenters. The van der Waals surface area contributed by atoms with Crippen molar-refractivity contribution in [2.75, 3.05) is 52.6 Å². The number of benzene rings is 2. The number of carbonyl (C=O) groups excluding carboxylic acids is 2. The minimum Gasteiger partial charge on any atom is -0.497 e. The smallest absolute Gasteiger partial charge is 0.322 e. The number of fused-ring (bicyclic) bond motifs is 1. The van der Waals surface area contributed by atoms with Gasteiger partial charge >= 0.3 is 6.03 Å². The number of ether oxygens (including phenoxy) is 5. The van der Waals surface area contributed by atoms with E-state index in [2.05, 4.69) is 5.32 Å². The Kier molecular flexibility index (Phi) is 10.3. The van der Waals surface area contributed by atoms with E-state index >= 15 is 0 Å². The van der Waals surface area contributed by atoms with Crippen molar-refractivity contribution in [1.82, 2.24) is 9.80 Å². The summed E-state index contributed by atoms with van der Waals surface area (Å²) in [5, 5.41) is 2.87. The van der Waals surface area contributed by atoms with Crippen LogP contribution >= 0.6 is 0 Å². The highest BCUT2D eigenvalue weighted by Crippen LogP contribution is 2.33. The quantitative estimate of drug-likeness (QED) is 0.276. The van der Waals surface area contributed by atoms with Crippen LogP contribution in [0, 0.1) is 6.92 Å². The van der Waals surface area contributed by atoms with Gasteiger partial charge in [-0.25, -0.2) is 4.79 Å². The number of nitrogens with one attached hydrogen (secondary N) is 1. The van der Waals surface area contributed by atoms with Crippen LogP contribution in [0.3, 0.4) is 0 Å². The number of methoxy groups -OCH3 is 2. The van der Waals surface area contributed by atoms with Crippen LogP contribution in [-0.4, -0.2) is 69.1 Å². The molecule has 3 aromatic rings. The first-order valence-corrected chi connectivity index (χ1v) is 13.5. The van der Waals surface area contributed by atoms with E-state index in [0.717, 1.165) is 11.3 Å². The number of urea groups is 1. The van der Waals surface area contributed by atoms with E-state index in [0.29, 0.717) is 60.6 Å². The summed E-state index contributed by atoms with van der Waals surface area (Å²) in [7, 11) is 3.07. The summed E-state index contributed by atoms with van der Waals surface area (Å²) < 4.78 is 32.9. The third-order valence-corrected chi connectivity index (χ3v) is 6.49. The van der Waals surface area contributed by atoms with Crippen molar-refractivity contribution >= 4 is 17.6 Å². The molecule has 0 saturated heterocycles. The summed E-state index contributed by atoms with van der Waals surface area (Å²) in [5.41, 5.74) is 1.32. The first kappa shape index (κ1) is 29.6. The van der Waals surface area contributed by atoms with Crippen LogP contribution in [0.5, 0.6) is 23.0 Å². The third-order valence-electron chi connectivity index (χ3n) is 6.49. The van der Waals surface area contributed by atoms with Crippen molar-refractivity contribution in [3.05, 3.63) is 65.6 Å². The van der Waals surface area contributed by atoms with E-state index in [4.69, 9.17) is 28.1 Å². The van der Waals surface area contributed by atoms with E-state index in [1.54, 1.807) is 30.2 Å². The molecule has 2 aromatic carbocycles. The predicted molar refractivity (Wildman–Crippen MR) is 152 cm³/mol. The molecule has 1 aromatic heterocycles. The molecule has 1 aliphatic rings. The van der Waals surface area contributed by atoms with Crippen molar-refractivity contribution in [1.29, 1.82) is 0 Å². The van der Waals surface area contributed by atoms with Gasteiger partial charge in [-0.05, 0) is 62.2 Å². The van der Waals surface area contributed by atoms with Crippen molar-refractivity contribution in [3.63, 3.8) is 0 Å². The van der Waals surface area contributed by atoms with E-state index < -0.39 is 6.03 Å². The Morgan fingerprint density at radius 1 is 0.951 bits per heavy atom. The first-order valence-electron chi connectivity index (χ1n) is 13.5. The fourth-order valence-corrected chi connectivity index (χ4v) is 4.36. The molecule has 0 radical (unpaired) electrons. The van der Waals surface area contributed by atoms with Gasteiger partial charge in [0.25, 0.3) is 0 Å². The number of hydrogen-bond donors (Lipinski definition) is 1. The van der Waals surface area contributed by atoms with Crippen LogP contribution < -0.4 is 24.3 Å². The average Bonchev–Trinajstić information content (AvgIpc) is 3.62. The molecule has 3 amide bonds. The molecule has 11 nitrogen and oxygen atoms in total. The topological polar surface area (TPSA) is 112 Å². The van der Waals surface area contributed by atoms with Gasteiger partial charge in [0.2, 0.25) is 12.7 Å². The van der Waals surface area contributed by atoms with Crippen LogP contribution in [0.15, 0.2) is 52.9 Å². The van der Waals surface area contributed by atoms with Gasteiger partial charge < -0.3 is 43.2 Å². The molecule has 0 aliphatic carbocycles. The summed E-state index contributed by atoms with van der Waals surface area (Å²) in [6.45, 7) is 5.65.